The van der Waals surface area contributed by atoms with Gasteiger partial charge in [0.05, 0.1) is 0 Å². The zero-order valence-corrected chi connectivity index (χ0v) is 41.7. The maximum atomic E-state index is 12.8. The lowest BCUT2D eigenvalue weighted by Crippen LogP contribution is -2.30. The monoisotopic (exact) mass is 873 g/mol. The molecule has 0 N–H and O–H groups in total. The summed E-state index contributed by atoms with van der Waals surface area (Å²) in [5.74, 6) is -0.871. The van der Waals surface area contributed by atoms with Crippen LogP contribution in [0, 0.1) is 0 Å². The zero-order valence-electron chi connectivity index (χ0n) is 41.7. The summed E-state index contributed by atoms with van der Waals surface area (Å²) in [4.78, 5) is 38.0. The fourth-order valence-corrected chi connectivity index (χ4v) is 8.06. The van der Waals surface area contributed by atoms with E-state index < -0.39 is 6.10 Å². The summed E-state index contributed by atoms with van der Waals surface area (Å²) in [6, 6.07) is 0. The van der Waals surface area contributed by atoms with Crippen molar-refractivity contribution >= 4 is 17.9 Å². The molecule has 0 rings (SSSR count). The highest BCUT2D eigenvalue weighted by molar-refractivity contribution is 5.71. The number of unbranched alkanes of at least 4 members (excludes halogenated alkanes) is 35. The predicted octanol–water partition coefficient (Wildman–Crippen LogP) is 17.9. The number of allylic oxidation sites excluding steroid dienone is 4. The molecule has 0 aromatic carbocycles. The number of carbonyl (C=O) groups is 3. The van der Waals surface area contributed by atoms with Gasteiger partial charge in [0.2, 0.25) is 0 Å². The van der Waals surface area contributed by atoms with Gasteiger partial charge < -0.3 is 14.2 Å². The Morgan fingerprint density at radius 1 is 0.323 bits per heavy atom. The lowest BCUT2D eigenvalue weighted by molar-refractivity contribution is -0.167. The van der Waals surface area contributed by atoms with Crippen LogP contribution in [0.15, 0.2) is 24.3 Å². The van der Waals surface area contributed by atoms with E-state index in [9.17, 15) is 14.4 Å². The fourth-order valence-electron chi connectivity index (χ4n) is 8.06. The van der Waals surface area contributed by atoms with Gasteiger partial charge in [-0.3, -0.25) is 14.4 Å². The van der Waals surface area contributed by atoms with Crippen molar-refractivity contribution in [2.75, 3.05) is 13.2 Å². The Hall–Kier alpha value is -2.11. The minimum Gasteiger partial charge on any atom is -0.462 e. The van der Waals surface area contributed by atoms with Gasteiger partial charge in [-0.2, -0.15) is 0 Å². The third-order valence-electron chi connectivity index (χ3n) is 12.2. The van der Waals surface area contributed by atoms with Crippen LogP contribution in [0.2, 0.25) is 0 Å². The van der Waals surface area contributed by atoms with E-state index in [4.69, 9.17) is 14.2 Å². The maximum Gasteiger partial charge on any atom is 0.306 e. The van der Waals surface area contributed by atoms with E-state index in [1.54, 1.807) is 0 Å². The average Bonchev–Trinajstić information content (AvgIpc) is 3.27. The highest BCUT2D eigenvalue weighted by Gasteiger charge is 2.19. The van der Waals surface area contributed by atoms with Crippen molar-refractivity contribution in [3.8, 4) is 0 Å². The molecule has 0 spiro atoms. The second-order valence-electron chi connectivity index (χ2n) is 18.5. The zero-order chi connectivity index (χ0) is 45.1. The summed E-state index contributed by atoms with van der Waals surface area (Å²) >= 11 is 0. The molecule has 0 aromatic heterocycles. The summed E-state index contributed by atoms with van der Waals surface area (Å²) in [5, 5.41) is 0. The molecule has 0 fully saturated rings. The SMILES string of the molecule is CCCCC/C=C\C/C=C\CCCCCCCC(=O)O[C@H](COC(=O)CCCCCCCCCCCC)COC(=O)CCCCCCCCCCCCCCCCCCCCC. The second kappa shape index (κ2) is 51.5. The van der Waals surface area contributed by atoms with Gasteiger partial charge in [-0.15, -0.1) is 0 Å². The lowest BCUT2D eigenvalue weighted by atomic mass is 10.0. The van der Waals surface area contributed by atoms with E-state index in [2.05, 4.69) is 45.1 Å². The first-order chi connectivity index (χ1) is 30.5. The smallest absolute Gasteiger partial charge is 0.306 e. The van der Waals surface area contributed by atoms with Crippen LogP contribution >= 0.6 is 0 Å². The summed E-state index contributed by atoms with van der Waals surface area (Å²) < 4.78 is 16.8. The lowest BCUT2D eigenvalue weighted by Gasteiger charge is -2.18. The Balaban J connectivity index is 4.28. The van der Waals surface area contributed by atoms with Crippen molar-refractivity contribution in [2.45, 2.75) is 303 Å². The minimum atomic E-state index is -0.772. The topological polar surface area (TPSA) is 78.9 Å². The molecule has 6 heteroatoms. The van der Waals surface area contributed by atoms with Crippen molar-refractivity contribution < 1.29 is 28.6 Å². The van der Waals surface area contributed by atoms with Crippen LogP contribution in [0.3, 0.4) is 0 Å². The van der Waals surface area contributed by atoms with Gasteiger partial charge in [0.25, 0.3) is 0 Å². The maximum absolute atomic E-state index is 12.8. The van der Waals surface area contributed by atoms with Crippen LogP contribution in [0.1, 0.15) is 297 Å². The summed E-state index contributed by atoms with van der Waals surface area (Å²) in [6.45, 7) is 6.63. The van der Waals surface area contributed by atoms with E-state index in [0.717, 1.165) is 77.0 Å². The van der Waals surface area contributed by atoms with Gasteiger partial charge >= 0.3 is 17.9 Å². The Morgan fingerprint density at radius 3 is 0.919 bits per heavy atom. The fraction of sp³-hybridized carbons (Fsp3) is 0.875. The van der Waals surface area contributed by atoms with Crippen molar-refractivity contribution in [3.05, 3.63) is 24.3 Å². The van der Waals surface area contributed by atoms with Crippen molar-refractivity contribution in [1.82, 2.24) is 0 Å². The molecule has 0 saturated heterocycles. The highest BCUT2D eigenvalue weighted by atomic mass is 16.6. The summed E-state index contributed by atoms with van der Waals surface area (Å²) in [6.07, 6.45) is 58.8. The molecule has 0 unspecified atom stereocenters. The third-order valence-corrected chi connectivity index (χ3v) is 12.2. The van der Waals surface area contributed by atoms with Crippen LogP contribution < -0.4 is 0 Å². The molecule has 6 nitrogen and oxygen atoms in total. The largest absolute Gasteiger partial charge is 0.462 e. The van der Waals surface area contributed by atoms with E-state index >= 15 is 0 Å². The molecule has 0 radical (unpaired) electrons. The average molecular weight is 873 g/mol. The molecule has 0 heterocycles. The molecule has 0 saturated carbocycles. The molecular weight excluding hydrogens is 769 g/mol. The standard InChI is InChI=1S/C56H104O6/c1-4-7-10-13-16-19-22-24-26-27-28-29-31-32-34-37-40-43-46-49-55(58)61-52-53(51-60-54(57)48-45-42-39-36-21-18-15-12-9-6-3)62-56(59)50-47-44-41-38-35-33-30-25-23-20-17-14-11-8-5-2/h17,20,25,30,53H,4-16,18-19,21-24,26-29,31-52H2,1-3H3/b20-17-,30-25-/t53-/m1/s1. The van der Waals surface area contributed by atoms with E-state index in [1.165, 1.54) is 180 Å². The van der Waals surface area contributed by atoms with Crippen molar-refractivity contribution in [3.63, 3.8) is 0 Å². The van der Waals surface area contributed by atoms with Gasteiger partial charge in [-0.25, -0.2) is 0 Å². The van der Waals surface area contributed by atoms with Gasteiger partial charge in [-0.05, 0) is 51.4 Å². The highest BCUT2D eigenvalue weighted by Crippen LogP contribution is 2.16. The molecular formula is C56H104O6. The Kier molecular flexibility index (Phi) is 49.8. The molecule has 1 atom stereocenters. The first-order valence-electron chi connectivity index (χ1n) is 27.3. The number of carbonyl (C=O) groups excluding carboxylic acids is 3. The number of hydrogen-bond acceptors (Lipinski definition) is 6. The second-order valence-corrected chi connectivity index (χ2v) is 18.5. The number of rotatable bonds is 50. The predicted molar refractivity (Wildman–Crippen MR) is 266 cm³/mol. The van der Waals surface area contributed by atoms with Crippen LogP contribution in [0.5, 0.6) is 0 Å². The van der Waals surface area contributed by atoms with Gasteiger partial charge in [0.15, 0.2) is 6.10 Å². The third kappa shape index (κ3) is 48.9. The molecule has 0 aliphatic heterocycles. The van der Waals surface area contributed by atoms with Gasteiger partial charge in [-0.1, -0.05) is 251 Å². The molecule has 0 aliphatic rings. The first-order valence-corrected chi connectivity index (χ1v) is 27.3. The molecule has 0 amide bonds. The molecule has 0 bridgehead atoms. The van der Waals surface area contributed by atoms with E-state index in [1.807, 2.05) is 0 Å². The van der Waals surface area contributed by atoms with Crippen LogP contribution in [-0.2, 0) is 28.6 Å². The van der Waals surface area contributed by atoms with Crippen molar-refractivity contribution in [1.29, 1.82) is 0 Å². The Bertz CT molecular complexity index is 1000. The Labute approximate surface area is 385 Å². The molecule has 0 aromatic rings. The van der Waals surface area contributed by atoms with Gasteiger partial charge in [0, 0.05) is 19.3 Å². The first kappa shape index (κ1) is 59.9. The van der Waals surface area contributed by atoms with Crippen molar-refractivity contribution in [2.24, 2.45) is 0 Å². The number of esters is 3. The van der Waals surface area contributed by atoms with Gasteiger partial charge in [0.1, 0.15) is 13.2 Å². The number of hydrogen-bond donors (Lipinski definition) is 0. The van der Waals surface area contributed by atoms with E-state index in [0.29, 0.717) is 19.3 Å². The molecule has 0 aliphatic carbocycles. The minimum absolute atomic E-state index is 0.0720. The summed E-state index contributed by atoms with van der Waals surface area (Å²) in [7, 11) is 0. The Morgan fingerprint density at radius 2 is 0.581 bits per heavy atom. The molecule has 364 valence electrons. The van der Waals surface area contributed by atoms with Crippen LogP contribution in [0.4, 0.5) is 0 Å². The summed E-state index contributed by atoms with van der Waals surface area (Å²) in [5.41, 5.74) is 0. The normalized spacial score (nSPS) is 12.1. The van der Waals surface area contributed by atoms with E-state index in [-0.39, 0.29) is 31.1 Å². The van der Waals surface area contributed by atoms with Crippen LogP contribution in [0.25, 0.3) is 0 Å². The number of ether oxygens (including phenoxy) is 3. The quantitative estimate of drug-likeness (QED) is 0.0262. The molecule has 62 heavy (non-hydrogen) atoms. The van der Waals surface area contributed by atoms with Crippen LogP contribution in [-0.4, -0.2) is 37.2 Å².